The van der Waals surface area contributed by atoms with Crippen LogP contribution in [-0.2, 0) is 0 Å². The molecule has 0 N–H and O–H groups in total. The molecule has 0 atom stereocenters. The smallest absolute Gasteiger partial charge is 0.163 e. The lowest BCUT2D eigenvalue weighted by Crippen LogP contribution is -2.09. The second-order valence-electron chi connectivity index (χ2n) is 3.09. The molecule has 0 aromatic carbocycles. The molecule has 0 saturated heterocycles. The van der Waals surface area contributed by atoms with Crippen molar-refractivity contribution in [3.8, 4) is 5.75 Å². The number of hydrogen-bond acceptors (Lipinski definition) is 3. The molecule has 0 saturated carbocycles. The minimum absolute atomic E-state index is 0.00181. The van der Waals surface area contributed by atoms with Gasteiger partial charge in [-0.05, 0) is 26.8 Å². The number of nitrogens with zero attached hydrogens (tertiary/aromatic N) is 1. The SMILES string of the molecule is CC(=O)c1ccncc1OC(C)C. The molecule has 3 heteroatoms. The van der Waals surface area contributed by atoms with Crippen LogP contribution in [0.2, 0.25) is 0 Å². The van der Waals surface area contributed by atoms with Crippen LogP contribution in [0, 0.1) is 0 Å². The van der Waals surface area contributed by atoms with Gasteiger partial charge in [-0.15, -0.1) is 0 Å². The second kappa shape index (κ2) is 4.03. The average Bonchev–Trinajstić information content (AvgIpc) is 2.03. The van der Waals surface area contributed by atoms with Crippen molar-refractivity contribution < 1.29 is 9.53 Å². The number of ether oxygens (including phenoxy) is 1. The Morgan fingerprint density at radius 3 is 2.77 bits per heavy atom. The number of ketones is 1. The molecule has 0 fully saturated rings. The zero-order valence-corrected chi connectivity index (χ0v) is 8.07. The van der Waals surface area contributed by atoms with Crippen molar-refractivity contribution in [3.05, 3.63) is 24.0 Å². The van der Waals surface area contributed by atoms with Gasteiger partial charge in [0.25, 0.3) is 0 Å². The van der Waals surface area contributed by atoms with Crippen LogP contribution in [0.3, 0.4) is 0 Å². The standard InChI is InChI=1S/C10H13NO2/c1-7(2)13-10-6-11-5-4-9(10)8(3)12/h4-7H,1-3H3. The predicted octanol–water partition coefficient (Wildman–Crippen LogP) is 2.07. The van der Waals surface area contributed by atoms with Crippen molar-refractivity contribution in [2.75, 3.05) is 0 Å². The fourth-order valence-corrected chi connectivity index (χ4v) is 1.02. The van der Waals surface area contributed by atoms with Crippen molar-refractivity contribution in [1.29, 1.82) is 0 Å². The number of aromatic nitrogens is 1. The van der Waals surface area contributed by atoms with E-state index in [2.05, 4.69) is 4.98 Å². The molecule has 13 heavy (non-hydrogen) atoms. The van der Waals surface area contributed by atoms with Gasteiger partial charge in [0, 0.05) is 6.20 Å². The summed E-state index contributed by atoms with van der Waals surface area (Å²) in [6.45, 7) is 5.34. The molecule has 0 bridgehead atoms. The molecule has 0 spiro atoms. The zero-order valence-electron chi connectivity index (χ0n) is 8.07. The molecule has 0 amide bonds. The summed E-state index contributed by atoms with van der Waals surface area (Å²) >= 11 is 0. The number of carbonyl (C=O) groups is 1. The Labute approximate surface area is 77.8 Å². The highest BCUT2D eigenvalue weighted by Gasteiger charge is 2.08. The highest BCUT2D eigenvalue weighted by molar-refractivity contribution is 5.96. The second-order valence-corrected chi connectivity index (χ2v) is 3.09. The van der Waals surface area contributed by atoms with Gasteiger partial charge >= 0.3 is 0 Å². The van der Waals surface area contributed by atoms with Gasteiger partial charge in [-0.3, -0.25) is 9.78 Å². The number of carbonyl (C=O) groups excluding carboxylic acids is 1. The van der Waals surface area contributed by atoms with E-state index in [0.717, 1.165) is 0 Å². The maximum absolute atomic E-state index is 11.1. The van der Waals surface area contributed by atoms with Gasteiger partial charge in [0.2, 0.25) is 0 Å². The molecule has 1 rings (SSSR count). The van der Waals surface area contributed by atoms with Crippen molar-refractivity contribution >= 4 is 5.78 Å². The Bertz CT molecular complexity index is 308. The molecule has 70 valence electrons. The first-order valence-corrected chi connectivity index (χ1v) is 4.23. The number of Topliss-reactive ketones (excluding diaryl/α,β-unsaturated/α-hetero) is 1. The lowest BCUT2D eigenvalue weighted by molar-refractivity contribution is 0.101. The van der Waals surface area contributed by atoms with Crippen LogP contribution in [-0.4, -0.2) is 16.9 Å². The van der Waals surface area contributed by atoms with Crippen molar-refractivity contribution in [2.24, 2.45) is 0 Å². The third kappa shape index (κ3) is 2.54. The van der Waals surface area contributed by atoms with E-state index < -0.39 is 0 Å². The van der Waals surface area contributed by atoms with E-state index in [1.807, 2.05) is 13.8 Å². The van der Waals surface area contributed by atoms with E-state index in [4.69, 9.17) is 4.74 Å². The third-order valence-corrected chi connectivity index (χ3v) is 1.53. The summed E-state index contributed by atoms with van der Waals surface area (Å²) in [5, 5.41) is 0. The maximum atomic E-state index is 11.1. The molecule has 0 aliphatic rings. The summed E-state index contributed by atoms with van der Waals surface area (Å²) in [5.74, 6) is 0.558. The summed E-state index contributed by atoms with van der Waals surface area (Å²) in [5.41, 5.74) is 0.587. The maximum Gasteiger partial charge on any atom is 0.163 e. The highest BCUT2D eigenvalue weighted by atomic mass is 16.5. The van der Waals surface area contributed by atoms with Gasteiger partial charge in [0.1, 0.15) is 5.75 Å². The molecule has 3 nitrogen and oxygen atoms in total. The van der Waals surface area contributed by atoms with Crippen molar-refractivity contribution in [3.63, 3.8) is 0 Å². The first-order chi connectivity index (χ1) is 6.11. The van der Waals surface area contributed by atoms with Crippen LogP contribution in [0.25, 0.3) is 0 Å². The third-order valence-electron chi connectivity index (χ3n) is 1.53. The fourth-order valence-electron chi connectivity index (χ4n) is 1.02. The molecule has 1 heterocycles. The van der Waals surface area contributed by atoms with E-state index in [9.17, 15) is 4.79 Å². The van der Waals surface area contributed by atoms with E-state index in [0.29, 0.717) is 11.3 Å². The van der Waals surface area contributed by atoms with E-state index in [-0.39, 0.29) is 11.9 Å². The Balaban J connectivity index is 2.98. The van der Waals surface area contributed by atoms with E-state index in [1.165, 1.54) is 6.92 Å². The molecule has 0 aliphatic carbocycles. The van der Waals surface area contributed by atoms with Crippen LogP contribution in [0.5, 0.6) is 5.75 Å². The Hall–Kier alpha value is -1.38. The molecule has 0 aliphatic heterocycles. The predicted molar refractivity (Wildman–Crippen MR) is 50.0 cm³/mol. The van der Waals surface area contributed by atoms with Crippen molar-refractivity contribution in [2.45, 2.75) is 26.9 Å². The summed E-state index contributed by atoms with van der Waals surface area (Å²) < 4.78 is 5.42. The Morgan fingerprint density at radius 2 is 2.23 bits per heavy atom. The van der Waals surface area contributed by atoms with Gasteiger partial charge < -0.3 is 4.74 Å². The highest BCUT2D eigenvalue weighted by Crippen LogP contribution is 2.17. The first kappa shape index (κ1) is 9.71. The lowest BCUT2D eigenvalue weighted by Gasteiger charge is -2.11. The minimum atomic E-state index is -0.00181. The summed E-state index contributed by atoms with van der Waals surface area (Å²) in [4.78, 5) is 15.0. The molecule has 1 aromatic heterocycles. The van der Waals surface area contributed by atoms with E-state index in [1.54, 1.807) is 18.5 Å². The minimum Gasteiger partial charge on any atom is -0.489 e. The van der Waals surface area contributed by atoms with Crippen LogP contribution in [0.4, 0.5) is 0 Å². The van der Waals surface area contributed by atoms with Crippen LogP contribution in [0.1, 0.15) is 31.1 Å². The van der Waals surface area contributed by atoms with Crippen LogP contribution < -0.4 is 4.74 Å². The van der Waals surface area contributed by atoms with E-state index >= 15 is 0 Å². The quantitative estimate of drug-likeness (QED) is 0.667. The Kier molecular flexibility index (Phi) is 3.01. The van der Waals surface area contributed by atoms with Crippen LogP contribution in [0.15, 0.2) is 18.5 Å². The Morgan fingerprint density at radius 1 is 1.54 bits per heavy atom. The summed E-state index contributed by atoms with van der Waals surface area (Å²) in [7, 11) is 0. The lowest BCUT2D eigenvalue weighted by atomic mass is 10.2. The zero-order chi connectivity index (χ0) is 9.84. The molecule has 0 radical (unpaired) electrons. The summed E-state index contributed by atoms with van der Waals surface area (Å²) in [6, 6.07) is 1.67. The molecular formula is C10H13NO2. The number of hydrogen-bond donors (Lipinski definition) is 0. The normalized spacial score (nSPS) is 10.2. The number of pyridine rings is 1. The van der Waals surface area contributed by atoms with Gasteiger partial charge in [0.05, 0.1) is 17.9 Å². The monoisotopic (exact) mass is 179 g/mol. The largest absolute Gasteiger partial charge is 0.489 e. The first-order valence-electron chi connectivity index (χ1n) is 4.23. The topological polar surface area (TPSA) is 39.2 Å². The van der Waals surface area contributed by atoms with Gasteiger partial charge in [-0.25, -0.2) is 0 Å². The van der Waals surface area contributed by atoms with Gasteiger partial charge in [-0.1, -0.05) is 0 Å². The van der Waals surface area contributed by atoms with Gasteiger partial charge in [-0.2, -0.15) is 0 Å². The number of rotatable bonds is 3. The summed E-state index contributed by atoms with van der Waals surface area (Å²) in [6.07, 6.45) is 3.21. The molecule has 0 unspecified atom stereocenters. The molecular weight excluding hydrogens is 166 g/mol. The van der Waals surface area contributed by atoms with Gasteiger partial charge in [0.15, 0.2) is 5.78 Å². The average molecular weight is 179 g/mol. The van der Waals surface area contributed by atoms with Crippen molar-refractivity contribution in [1.82, 2.24) is 4.98 Å². The fraction of sp³-hybridized carbons (Fsp3) is 0.400. The van der Waals surface area contributed by atoms with Crippen LogP contribution >= 0.6 is 0 Å². The molecule has 1 aromatic rings.